The second-order valence-electron chi connectivity index (χ2n) is 4.33. The van der Waals surface area contributed by atoms with Crippen LogP contribution in [0.2, 0.25) is 0 Å². The number of aliphatic hydroxyl groups is 1. The van der Waals surface area contributed by atoms with Gasteiger partial charge in [0.05, 0.1) is 13.7 Å². The number of imidazole rings is 1. The Morgan fingerprint density at radius 3 is 2.95 bits per heavy atom. The number of aromatic nitrogens is 2. The third-order valence-corrected chi connectivity index (χ3v) is 3.76. The van der Waals surface area contributed by atoms with E-state index in [9.17, 15) is 5.11 Å². The molecule has 0 aliphatic heterocycles. The van der Waals surface area contributed by atoms with Gasteiger partial charge in [-0.25, -0.2) is 0 Å². The number of ether oxygens (including phenoxy) is 2. The number of aryl methyl sites for hydroxylation is 1. The Morgan fingerprint density at radius 2 is 2.20 bits per heavy atom. The molecule has 0 radical (unpaired) electrons. The molecule has 0 spiro atoms. The number of nitrogens with zero attached hydrogens (tertiary/aromatic N) is 2. The second kappa shape index (κ2) is 5.15. The van der Waals surface area contributed by atoms with E-state index in [1.165, 1.54) is 11.3 Å². The van der Waals surface area contributed by atoms with Gasteiger partial charge in [-0.2, -0.15) is 4.98 Å². The molecule has 0 aliphatic rings. The number of hydrogen-bond acceptors (Lipinski definition) is 5. The Bertz CT molecular complexity index is 748. The third kappa shape index (κ3) is 2.13. The summed E-state index contributed by atoms with van der Waals surface area (Å²) >= 11 is 1.49. The lowest BCUT2D eigenvalue weighted by Crippen LogP contribution is -1.95. The predicted octanol–water partition coefficient (Wildman–Crippen LogP) is 3.00. The number of methoxy groups -OCH3 is 1. The molecule has 1 aromatic carbocycles. The van der Waals surface area contributed by atoms with Gasteiger partial charge in [-0.05, 0) is 24.6 Å². The van der Waals surface area contributed by atoms with E-state index >= 15 is 0 Å². The van der Waals surface area contributed by atoms with Gasteiger partial charge in [-0.15, -0.1) is 11.3 Å². The lowest BCUT2D eigenvalue weighted by molar-refractivity contribution is 0.269. The van der Waals surface area contributed by atoms with Crippen molar-refractivity contribution in [1.29, 1.82) is 0 Å². The van der Waals surface area contributed by atoms with Crippen LogP contribution in [-0.4, -0.2) is 21.6 Å². The average molecular weight is 290 g/mol. The maximum absolute atomic E-state index is 9.50. The lowest BCUT2D eigenvalue weighted by atomic mass is 10.2. The van der Waals surface area contributed by atoms with E-state index in [-0.39, 0.29) is 6.61 Å². The highest BCUT2D eigenvalue weighted by molar-refractivity contribution is 7.15. The van der Waals surface area contributed by atoms with Crippen LogP contribution in [0.15, 0.2) is 29.8 Å². The van der Waals surface area contributed by atoms with Gasteiger partial charge in [0.1, 0.15) is 5.69 Å². The monoisotopic (exact) mass is 290 g/mol. The molecule has 0 aliphatic carbocycles. The first-order valence-corrected chi connectivity index (χ1v) is 6.98. The third-order valence-electron chi connectivity index (χ3n) is 3.00. The zero-order valence-electron chi connectivity index (χ0n) is 11.2. The Hall–Kier alpha value is -2.05. The molecule has 3 rings (SSSR count). The fourth-order valence-corrected chi connectivity index (χ4v) is 2.73. The highest BCUT2D eigenvalue weighted by Crippen LogP contribution is 2.34. The van der Waals surface area contributed by atoms with E-state index in [4.69, 9.17) is 9.47 Å². The number of aliphatic hydroxyl groups excluding tert-OH is 1. The van der Waals surface area contributed by atoms with Gasteiger partial charge in [0, 0.05) is 11.6 Å². The quantitative estimate of drug-likeness (QED) is 0.802. The van der Waals surface area contributed by atoms with Gasteiger partial charge >= 0.3 is 0 Å². The highest BCUT2D eigenvalue weighted by atomic mass is 32.1. The summed E-state index contributed by atoms with van der Waals surface area (Å²) in [6.45, 7) is 1.85. The highest BCUT2D eigenvalue weighted by Gasteiger charge is 2.16. The first-order chi connectivity index (χ1) is 9.72. The fourth-order valence-electron chi connectivity index (χ4n) is 2.00. The molecule has 0 unspecified atom stereocenters. The van der Waals surface area contributed by atoms with E-state index < -0.39 is 0 Å². The molecular formula is C14H14N2O3S. The molecule has 0 atom stereocenters. The van der Waals surface area contributed by atoms with Crippen molar-refractivity contribution in [3.63, 3.8) is 0 Å². The van der Waals surface area contributed by atoms with Crippen LogP contribution >= 0.6 is 11.3 Å². The van der Waals surface area contributed by atoms with Crippen LogP contribution in [0, 0.1) is 6.92 Å². The number of rotatable bonds is 4. The molecule has 6 heteroatoms. The molecule has 20 heavy (non-hydrogen) atoms. The minimum atomic E-state index is -0.137. The molecule has 2 aromatic heterocycles. The zero-order valence-corrected chi connectivity index (χ0v) is 12.0. The first kappa shape index (κ1) is 13.0. The van der Waals surface area contributed by atoms with Gasteiger partial charge in [0.2, 0.25) is 5.88 Å². The number of hydrogen-bond donors (Lipinski definition) is 1. The van der Waals surface area contributed by atoms with Crippen LogP contribution in [0.3, 0.4) is 0 Å². The van der Waals surface area contributed by atoms with Crippen LogP contribution in [0.5, 0.6) is 17.4 Å². The molecular weight excluding hydrogens is 276 g/mol. The summed E-state index contributed by atoms with van der Waals surface area (Å²) < 4.78 is 12.9. The summed E-state index contributed by atoms with van der Waals surface area (Å²) in [5.41, 5.74) is 1.71. The summed E-state index contributed by atoms with van der Waals surface area (Å²) in [6, 6.07) is 5.67. The molecule has 5 nitrogen and oxygen atoms in total. The molecule has 0 saturated carbocycles. The smallest absolute Gasteiger partial charge is 0.244 e. The fraction of sp³-hybridized carbons (Fsp3) is 0.214. The minimum absolute atomic E-state index is 0.137. The number of thiazole rings is 1. The Kier molecular flexibility index (Phi) is 3.33. The van der Waals surface area contributed by atoms with Crippen LogP contribution < -0.4 is 9.47 Å². The van der Waals surface area contributed by atoms with Crippen molar-refractivity contribution in [3.8, 4) is 17.4 Å². The maximum Gasteiger partial charge on any atom is 0.244 e. The summed E-state index contributed by atoms with van der Waals surface area (Å²) in [4.78, 5) is 5.17. The Balaban J connectivity index is 2.02. The van der Waals surface area contributed by atoms with Gasteiger partial charge in [0.15, 0.2) is 16.5 Å². The van der Waals surface area contributed by atoms with E-state index in [1.807, 2.05) is 41.1 Å². The molecule has 0 saturated heterocycles. The average Bonchev–Trinajstić information content (AvgIpc) is 3.00. The van der Waals surface area contributed by atoms with Crippen LogP contribution in [0.1, 0.15) is 11.3 Å². The molecule has 3 aromatic rings. The minimum Gasteiger partial charge on any atom is -0.493 e. The van der Waals surface area contributed by atoms with Crippen molar-refractivity contribution in [1.82, 2.24) is 9.38 Å². The van der Waals surface area contributed by atoms with Crippen molar-refractivity contribution in [2.75, 3.05) is 7.11 Å². The topological polar surface area (TPSA) is 56.0 Å². The summed E-state index contributed by atoms with van der Waals surface area (Å²) in [5.74, 6) is 1.63. The van der Waals surface area contributed by atoms with Crippen LogP contribution in [0.4, 0.5) is 0 Å². The summed E-state index contributed by atoms with van der Waals surface area (Å²) in [7, 11) is 1.60. The van der Waals surface area contributed by atoms with Crippen LogP contribution in [-0.2, 0) is 6.61 Å². The normalized spacial score (nSPS) is 10.9. The Morgan fingerprint density at radius 1 is 1.35 bits per heavy atom. The van der Waals surface area contributed by atoms with Crippen molar-refractivity contribution in [2.24, 2.45) is 0 Å². The van der Waals surface area contributed by atoms with Gasteiger partial charge < -0.3 is 14.6 Å². The maximum atomic E-state index is 9.50. The van der Waals surface area contributed by atoms with Crippen molar-refractivity contribution in [3.05, 3.63) is 41.0 Å². The molecule has 1 N–H and O–H groups in total. The standard InChI is InChI=1S/C14H14N2O3S/c1-9-3-4-11(12(7-9)18-2)19-13-10(8-17)16-5-6-20-14(16)15-13/h3-7,17H,8H2,1-2H3. The molecule has 104 valence electrons. The Labute approximate surface area is 120 Å². The summed E-state index contributed by atoms with van der Waals surface area (Å²) in [5, 5.41) is 11.4. The van der Waals surface area contributed by atoms with E-state index in [2.05, 4.69) is 4.98 Å². The predicted molar refractivity (Wildman–Crippen MR) is 76.8 cm³/mol. The van der Waals surface area contributed by atoms with E-state index in [0.717, 1.165) is 10.5 Å². The number of fused-ring (bicyclic) bond motifs is 1. The molecule has 0 amide bonds. The zero-order chi connectivity index (χ0) is 14.1. The molecule has 2 heterocycles. The van der Waals surface area contributed by atoms with Crippen molar-refractivity contribution >= 4 is 16.3 Å². The number of benzene rings is 1. The molecule has 0 bridgehead atoms. The van der Waals surface area contributed by atoms with Gasteiger partial charge in [0.25, 0.3) is 0 Å². The lowest BCUT2D eigenvalue weighted by Gasteiger charge is -2.10. The first-order valence-electron chi connectivity index (χ1n) is 6.10. The molecule has 0 fully saturated rings. The van der Waals surface area contributed by atoms with Gasteiger partial charge in [-0.3, -0.25) is 4.40 Å². The van der Waals surface area contributed by atoms with Crippen molar-refractivity contribution in [2.45, 2.75) is 13.5 Å². The SMILES string of the molecule is COc1cc(C)ccc1Oc1nc2sccn2c1CO. The van der Waals surface area contributed by atoms with Crippen molar-refractivity contribution < 1.29 is 14.6 Å². The second-order valence-corrected chi connectivity index (χ2v) is 5.21. The largest absolute Gasteiger partial charge is 0.493 e. The van der Waals surface area contributed by atoms with E-state index in [1.54, 1.807) is 7.11 Å². The van der Waals surface area contributed by atoms with Gasteiger partial charge in [-0.1, -0.05) is 6.07 Å². The summed E-state index contributed by atoms with van der Waals surface area (Å²) in [6.07, 6.45) is 1.86. The van der Waals surface area contributed by atoms with E-state index in [0.29, 0.717) is 23.1 Å². The van der Waals surface area contributed by atoms with Crippen LogP contribution in [0.25, 0.3) is 4.96 Å².